The fourth-order valence-electron chi connectivity index (χ4n) is 6.79. The van der Waals surface area contributed by atoms with Crippen molar-refractivity contribution in [2.24, 2.45) is 11.8 Å². The lowest BCUT2D eigenvalue weighted by Crippen LogP contribution is -2.40. The van der Waals surface area contributed by atoms with Gasteiger partial charge in [0.1, 0.15) is 11.2 Å². The molecule has 9 rings (SSSR count). The van der Waals surface area contributed by atoms with Gasteiger partial charge in [0.2, 0.25) is 0 Å². The largest absolute Gasteiger partial charge is 0.456 e. The molecule has 1 heterocycles. The van der Waals surface area contributed by atoms with Crippen LogP contribution >= 0.6 is 0 Å². The van der Waals surface area contributed by atoms with Crippen LogP contribution in [0.5, 0.6) is 0 Å². The molecule has 1 aromatic heterocycles. The lowest BCUT2D eigenvalue weighted by Gasteiger charge is -2.35. The van der Waals surface area contributed by atoms with E-state index in [-0.39, 0.29) is 22.3 Å². The second kappa shape index (κ2) is 10.6. The van der Waals surface area contributed by atoms with Gasteiger partial charge in [0.15, 0.2) is 0 Å². The van der Waals surface area contributed by atoms with Gasteiger partial charge in [-0.1, -0.05) is 139 Å². The van der Waals surface area contributed by atoms with Gasteiger partial charge >= 0.3 is 0 Å². The van der Waals surface area contributed by atoms with Crippen molar-refractivity contribution in [1.29, 1.82) is 0 Å². The number of benzene rings is 5. The van der Waals surface area contributed by atoms with Crippen molar-refractivity contribution in [2.75, 3.05) is 0 Å². The lowest BCUT2D eigenvalue weighted by molar-refractivity contribution is 0.668. The number of furan rings is 1. The molecule has 0 aliphatic heterocycles. The van der Waals surface area contributed by atoms with Crippen LogP contribution in [0.4, 0.5) is 0 Å². The number of rotatable bonds is 4. The topological polar surface area (TPSA) is 13.1 Å². The maximum absolute atomic E-state index is 9.62. The Bertz CT molecular complexity index is 3080. The summed E-state index contributed by atoms with van der Waals surface area (Å²) in [6.07, 6.45) is 4.49. The SMILES string of the molecule is [2H]C1=C(C2=c3cc(-c4c([2H])c([2H])c([2H])c([2H])c4[2H])ccc3=C(c3cccc4oc5ccccc5c34)C3C=CC=CC23)C([2H])C([2H])C(c2c([2H])c([2H])c([2H])c([2H])c2[2H])=C1[2H]. The normalized spacial score (nSPS) is 27.0. The zero-order chi connectivity index (χ0) is 41.9. The summed E-state index contributed by atoms with van der Waals surface area (Å²) in [7, 11) is 0. The van der Waals surface area contributed by atoms with E-state index in [1.165, 1.54) is 0 Å². The Morgan fingerprint density at radius 1 is 0.600 bits per heavy atom. The number of para-hydroxylation sites is 1. The highest BCUT2D eigenvalue weighted by Crippen LogP contribution is 2.45. The van der Waals surface area contributed by atoms with Crippen molar-refractivity contribution in [2.45, 2.75) is 12.8 Å². The van der Waals surface area contributed by atoms with Crippen LogP contribution in [0.15, 0.2) is 167 Å². The average Bonchev–Trinajstić information content (AvgIpc) is 3.63. The number of allylic oxidation sites excluding steroid dienone is 8. The van der Waals surface area contributed by atoms with Gasteiger partial charge in [0.25, 0.3) is 0 Å². The third kappa shape index (κ3) is 4.30. The number of hydrogen-bond donors (Lipinski definition) is 0. The molecule has 3 aliphatic rings. The molecule has 214 valence electrons. The highest BCUT2D eigenvalue weighted by Gasteiger charge is 2.34. The van der Waals surface area contributed by atoms with Gasteiger partial charge in [-0.2, -0.15) is 0 Å². The minimum Gasteiger partial charge on any atom is -0.456 e. The third-order valence-corrected chi connectivity index (χ3v) is 8.69. The summed E-state index contributed by atoms with van der Waals surface area (Å²) in [6.45, 7) is 0. The molecule has 1 heteroatoms. The van der Waals surface area contributed by atoms with Crippen LogP contribution in [0.2, 0.25) is 0 Å². The molecule has 5 aromatic carbocycles. The van der Waals surface area contributed by atoms with Crippen LogP contribution in [0.1, 0.15) is 43.1 Å². The summed E-state index contributed by atoms with van der Waals surface area (Å²) in [5, 5.41) is 2.89. The predicted molar refractivity (Wildman–Crippen MR) is 188 cm³/mol. The summed E-state index contributed by atoms with van der Waals surface area (Å²) < 4.78 is 129. The fourth-order valence-corrected chi connectivity index (χ4v) is 6.79. The van der Waals surface area contributed by atoms with Crippen molar-refractivity contribution in [3.05, 3.63) is 185 Å². The van der Waals surface area contributed by atoms with Gasteiger partial charge < -0.3 is 4.42 Å². The smallest absolute Gasteiger partial charge is 0.136 e. The van der Waals surface area contributed by atoms with Crippen LogP contribution in [0.25, 0.3) is 49.8 Å². The van der Waals surface area contributed by atoms with Gasteiger partial charge in [-0.3, -0.25) is 0 Å². The molecule has 3 aliphatic carbocycles. The second-order valence-corrected chi connectivity index (χ2v) is 11.1. The van der Waals surface area contributed by atoms with Crippen LogP contribution < -0.4 is 10.4 Å². The summed E-state index contributed by atoms with van der Waals surface area (Å²) in [5.74, 6) is -0.998. The molecule has 6 aromatic rings. The van der Waals surface area contributed by atoms with E-state index in [9.17, 15) is 5.48 Å². The average molecular weight is 591 g/mol. The minimum atomic E-state index is -1.65. The molecular formula is C44H32O. The summed E-state index contributed by atoms with van der Waals surface area (Å²) in [5.41, 5.74) is 3.07. The van der Waals surface area contributed by atoms with Crippen LogP contribution in [-0.2, 0) is 0 Å². The predicted octanol–water partition coefficient (Wildman–Crippen LogP) is 9.78. The van der Waals surface area contributed by atoms with E-state index in [1.807, 2.05) is 72.8 Å². The van der Waals surface area contributed by atoms with E-state index in [1.54, 1.807) is 12.1 Å². The van der Waals surface area contributed by atoms with E-state index < -0.39 is 103 Å². The van der Waals surface area contributed by atoms with Gasteiger partial charge in [-0.15, -0.1) is 0 Å². The van der Waals surface area contributed by atoms with E-state index in [0.29, 0.717) is 27.2 Å². The Morgan fingerprint density at radius 3 is 2.11 bits per heavy atom. The first-order valence-corrected chi connectivity index (χ1v) is 14.7. The highest BCUT2D eigenvalue weighted by atomic mass is 16.3. The Morgan fingerprint density at radius 2 is 1.29 bits per heavy atom. The van der Waals surface area contributed by atoms with Gasteiger partial charge in [-0.05, 0) is 86.0 Å². The molecule has 0 saturated carbocycles. The van der Waals surface area contributed by atoms with Crippen LogP contribution in [-0.4, -0.2) is 0 Å². The van der Waals surface area contributed by atoms with Crippen molar-refractivity contribution in [1.82, 2.24) is 0 Å². The molecule has 0 N–H and O–H groups in total. The van der Waals surface area contributed by atoms with Crippen molar-refractivity contribution in [3.8, 4) is 11.1 Å². The Balaban J connectivity index is 1.45. The first kappa shape index (κ1) is 15.5. The Hall–Kier alpha value is -5.40. The van der Waals surface area contributed by atoms with E-state index >= 15 is 0 Å². The Labute approximate surface area is 282 Å². The summed E-state index contributed by atoms with van der Waals surface area (Å²) in [4.78, 5) is 0. The lowest BCUT2D eigenvalue weighted by atomic mass is 9.68. The maximum Gasteiger partial charge on any atom is 0.136 e. The van der Waals surface area contributed by atoms with E-state index in [2.05, 4.69) is 0 Å². The first-order chi connectivity index (χ1) is 28.1. The van der Waals surface area contributed by atoms with Gasteiger partial charge in [0.05, 0.1) is 16.4 Å². The minimum absolute atomic E-state index is 0.0338. The van der Waals surface area contributed by atoms with Gasteiger partial charge in [-0.25, -0.2) is 0 Å². The van der Waals surface area contributed by atoms with Crippen molar-refractivity contribution in [3.63, 3.8) is 0 Å². The number of hydrogen-bond acceptors (Lipinski definition) is 1. The zero-order valence-electron chi connectivity index (χ0n) is 37.8. The van der Waals surface area contributed by atoms with Crippen molar-refractivity contribution >= 4 is 38.7 Å². The molecule has 0 saturated heterocycles. The second-order valence-electron chi connectivity index (χ2n) is 11.1. The molecule has 0 bridgehead atoms. The maximum atomic E-state index is 9.62. The molecule has 0 fully saturated rings. The summed E-state index contributed by atoms with van der Waals surface area (Å²) in [6, 6.07) is 12.1. The molecule has 4 unspecified atom stereocenters. The van der Waals surface area contributed by atoms with Crippen LogP contribution in [0, 0.1) is 11.8 Å². The van der Waals surface area contributed by atoms with E-state index in [0.717, 1.165) is 21.9 Å². The molecule has 4 atom stereocenters. The van der Waals surface area contributed by atoms with Crippen LogP contribution in [0.3, 0.4) is 0 Å². The molecule has 45 heavy (non-hydrogen) atoms. The molecule has 1 nitrogen and oxygen atoms in total. The third-order valence-electron chi connectivity index (χ3n) is 8.69. The fraction of sp³-hybridized carbons (Fsp3) is 0.0909. The first-order valence-electron chi connectivity index (χ1n) is 21.9. The van der Waals surface area contributed by atoms with Crippen molar-refractivity contribution < 1.29 is 23.6 Å². The molecule has 0 amide bonds. The Kier molecular flexibility index (Phi) is 3.68. The highest BCUT2D eigenvalue weighted by molar-refractivity contribution is 6.10. The monoisotopic (exact) mass is 590 g/mol. The summed E-state index contributed by atoms with van der Waals surface area (Å²) >= 11 is 0. The zero-order valence-corrected chi connectivity index (χ0v) is 23.8. The molecule has 0 spiro atoms. The molecule has 0 radical (unpaired) electrons. The number of fused-ring (bicyclic) bond motifs is 5. The van der Waals surface area contributed by atoms with Gasteiger partial charge in [0, 0.05) is 25.3 Å². The standard InChI is InChI=1S/C44H32O/c1-3-12-29(13-4-1)31-22-24-32(25-23-31)42-34-16-7-8-17-35(34)43(36-27-26-33(28-39(36)42)30-14-5-2-6-15-30)38-19-11-21-41-44(38)37-18-9-10-20-40(37)45-41/h1-22,24,26-28,34-35H,23,25H2/i1D,2D,3D,4D,5D,6D,12D,13D,14D,15D,22D,23D,24D,25D. The quantitative estimate of drug-likeness (QED) is 0.199. The van der Waals surface area contributed by atoms with E-state index in [4.69, 9.17) is 18.1 Å². The molecular weight excluding hydrogens is 544 g/mol.